The molecule has 0 saturated heterocycles. The maximum absolute atomic E-state index is 5.42. The summed E-state index contributed by atoms with van der Waals surface area (Å²) in [4.78, 5) is 0. The van der Waals surface area contributed by atoms with Crippen molar-refractivity contribution in [3.63, 3.8) is 0 Å². The molecule has 0 nitrogen and oxygen atoms in total. The van der Waals surface area contributed by atoms with E-state index in [1.54, 1.807) is 11.8 Å². The molecule has 0 aromatic heterocycles. The Hall–Kier alpha value is 0.380. The zero-order valence-electron chi connectivity index (χ0n) is 3.86. The minimum atomic E-state index is 0.850. The van der Waals surface area contributed by atoms with Crippen LogP contribution in [0.1, 0.15) is 6.92 Å². The molecule has 0 bridgehead atoms. The van der Waals surface area contributed by atoms with Crippen molar-refractivity contribution in [3.8, 4) is 0 Å². The second-order valence-electron chi connectivity index (χ2n) is 0.940. The molecule has 0 saturated carbocycles. The summed E-state index contributed by atoms with van der Waals surface area (Å²) in [5, 5.41) is 2.74. The summed E-state index contributed by atoms with van der Waals surface area (Å²) in [6.07, 6.45) is 1.98. The molecule has 0 aliphatic rings. The topological polar surface area (TPSA) is 0 Å². The lowest BCUT2D eigenvalue weighted by atomic mass is 10.8. The van der Waals surface area contributed by atoms with Gasteiger partial charge in [-0.3, -0.25) is 0 Å². The maximum Gasteiger partial charge on any atom is 0.0212 e. The van der Waals surface area contributed by atoms with Crippen LogP contribution in [0.4, 0.5) is 0 Å². The first-order chi connectivity index (χ1) is 2.77. The second-order valence-corrected chi connectivity index (χ2v) is 2.24. The van der Waals surface area contributed by atoms with Gasteiger partial charge in [-0.05, 0) is 18.6 Å². The third-order valence-electron chi connectivity index (χ3n) is 0.280. The van der Waals surface area contributed by atoms with Gasteiger partial charge in [0, 0.05) is 5.03 Å². The number of halogens is 1. The van der Waals surface area contributed by atoms with Crippen LogP contribution in [0, 0.1) is 0 Å². The van der Waals surface area contributed by atoms with Gasteiger partial charge in [0.2, 0.25) is 0 Å². The molecule has 0 fully saturated rings. The van der Waals surface area contributed by atoms with E-state index in [0.717, 1.165) is 5.03 Å². The Morgan fingerprint density at radius 3 is 2.33 bits per heavy atom. The van der Waals surface area contributed by atoms with Gasteiger partial charge in [0.15, 0.2) is 0 Å². The average molecular weight is 123 g/mol. The van der Waals surface area contributed by atoms with E-state index >= 15 is 0 Å². The van der Waals surface area contributed by atoms with Gasteiger partial charge in [0.1, 0.15) is 0 Å². The fourth-order valence-electron chi connectivity index (χ4n) is 0.162. The molecule has 0 spiro atoms. The van der Waals surface area contributed by atoms with E-state index in [2.05, 4.69) is 0 Å². The molecule has 0 heterocycles. The molecule has 6 heavy (non-hydrogen) atoms. The van der Waals surface area contributed by atoms with Gasteiger partial charge < -0.3 is 0 Å². The van der Waals surface area contributed by atoms with Crippen molar-refractivity contribution in [2.75, 3.05) is 6.26 Å². The lowest BCUT2D eigenvalue weighted by Gasteiger charge is -1.77. The number of rotatable bonds is 1. The van der Waals surface area contributed by atoms with E-state index in [1.807, 2.05) is 18.6 Å². The summed E-state index contributed by atoms with van der Waals surface area (Å²) < 4.78 is 0. The highest BCUT2D eigenvalue weighted by Crippen LogP contribution is 2.04. The fraction of sp³-hybridized carbons (Fsp3) is 0.500. The van der Waals surface area contributed by atoms with Gasteiger partial charge in [-0.1, -0.05) is 11.6 Å². The zero-order valence-corrected chi connectivity index (χ0v) is 5.44. The van der Waals surface area contributed by atoms with Crippen LogP contribution in [0.3, 0.4) is 0 Å². The molecule has 0 aliphatic carbocycles. The Bertz CT molecular complexity index is 54.6. The van der Waals surface area contributed by atoms with Crippen LogP contribution in [-0.4, -0.2) is 6.26 Å². The average Bonchev–Trinajstić information content (AvgIpc) is 1.35. The smallest absolute Gasteiger partial charge is 0.0212 e. The highest BCUT2D eigenvalue weighted by atomic mass is 35.5. The van der Waals surface area contributed by atoms with Gasteiger partial charge >= 0.3 is 0 Å². The van der Waals surface area contributed by atoms with Gasteiger partial charge in [0.05, 0.1) is 0 Å². The summed E-state index contributed by atoms with van der Waals surface area (Å²) in [5.74, 6) is 0. The van der Waals surface area contributed by atoms with Crippen molar-refractivity contribution in [3.05, 3.63) is 10.4 Å². The number of hydrogen-bond acceptors (Lipinski definition) is 1. The quantitative estimate of drug-likeness (QED) is 0.515. The molecule has 0 rings (SSSR count). The number of hydrogen-bond donors (Lipinski definition) is 0. The largest absolute Gasteiger partial charge is 0.136 e. The van der Waals surface area contributed by atoms with Crippen molar-refractivity contribution in [2.45, 2.75) is 6.92 Å². The third kappa shape index (κ3) is 4.38. The molecule has 0 atom stereocenters. The van der Waals surface area contributed by atoms with Crippen molar-refractivity contribution in [1.82, 2.24) is 0 Å². The summed E-state index contributed by atoms with van der Waals surface area (Å²) >= 11 is 7.03. The van der Waals surface area contributed by atoms with Crippen LogP contribution < -0.4 is 0 Å². The van der Waals surface area contributed by atoms with E-state index in [4.69, 9.17) is 11.6 Å². The molecular weight excluding hydrogens is 116 g/mol. The predicted octanol–water partition coefficient (Wildman–Crippen LogP) is 2.45. The number of allylic oxidation sites excluding steroid dienone is 1. The van der Waals surface area contributed by atoms with Crippen LogP contribution >= 0.6 is 23.4 Å². The Morgan fingerprint density at radius 2 is 2.33 bits per heavy atom. The molecular formula is C4H7ClS. The Kier molecular flexibility index (Phi) is 3.79. The van der Waals surface area contributed by atoms with Crippen LogP contribution in [0.25, 0.3) is 0 Å². The first-order valence-corrected chi connectivity index (χ1v) is 3.29. The first kappa shape index (κ1) is 6.38. The minimum absolute atomic E-state index is 0.850. The van der Waals surface area contributed by atoms with Crippen LogP contribution in [0.5, 0.6) is 0 Å². The first-order valence-electron chi connectivity index (χ1n) is 1.62. The zero-order chi connectivity index (χ0) is 4.99. The van der Waals surface area contributed by atoms with E-state index in [9.17, 15) is 0 Å². The number of thioether (sulfide) groups is 1. The summed E-state index contributed by atoms with van der Waals surface area (Å²) in [6.45, 7) is 1.86. The molecule has 0 aromatic rings. The monoisotopic (exact) mass is 122 g/mol. The normalized spacial score (nSPS) is 12.2. The fourth-order valence-corrected chi connectivity index (χ4v) is 0.754. The minimum Gasteiger partial charge on any atom is -0.136 e. The van der Waals surface area contributed by atoms with Gasteiger partial charge in [-0.15, -0.1) is 11.8 Å². The van der Waals surface area contributed by atoms with Crippen molar-refractivity contribution in [2.24, 2.45) is 0 Å². The summed E-state index contributed by atoms with van der Waals surface area (Å²) in [6, 6.07) is 0. The molecule has 0 radical (unpaired) electrons. The summed E-state index contributed by atoms with van der Waals surface area (Å²) in [7, 11) is 0. The van der Waals surface area contributed by atoms with E-state index in [-0.39, 0.29) is 0 Å². The Labute approximate surface area is 47.6 Å². The van der Waals surface area contributed by atoms with Crippen LogP contribution in [0.2, 0.25) is 0 Å². The maximum atomic E-state index is 5.42. The molecule has 0 aliphatic heterocycles. The molecule has 36 valence electrons. The lowest BCUT2D eigenvalue weighted by molar-refractivity contribution is 1.71. The van der Waals surface area contributed by atoms with E-state index < -0.39 is 0 Å². The predicted molar refractivity (Wildman–Crippen MR) is 33.1 cm³/mol. The second kappa shape index (κ2) is 3.57. The SMILES string of the molecule is CSC=C(C)Cl. The van der Waals surface area contributed by atoms with Crippen molar-refractivity contribution in [1.29, 1.82) is 0 Å². The van der Waals surface area contributed by atoms with E-state index in [0.29, 0.717) is 0 Å². The third-order valence-corrected chi connectivity index (χ3v) is 1.11. The molecule has 0 aromatic carbocycles. The Balaban J connectivity index is 3.14. The molecule has 0 amide bonds. The molecule has 0 unspecified atom stereocenters. The van der Waals surface area contributed by atoms with Crippen LogP contribution in [0.15, 0.2) is 10.4 Å². The van der Waals surface area contributed by atoms with Crippen LogP contribution in [-0.2, 0) is 0 Å². The van der Waals surface area contributed by atoms with Gasteiger partial charge in [-0.25, -0.2) is 0 Å². The standard InChI is InChI=1S/C4H7ClS/c1-4(5)3-6-2/h3H,1-2H3. The summed E-state index contributed by atoms with van der Waals surface area (Å²) in [5.41, 5.74) is 0. The van der Waals surface area contributed by atoms with Crippen molar-refractivity contribution >= 4 is 23.4 Å². The molecule has 2 heteroatoms. The van der Waals surface area contributed by atoms with Crippen molar-refractivity contribution < 1.29 is 0 Å². The molecule has 0 N–H and O–H groups in total. The van der Waals surface area contributed by atoms with Gasteiger partial charge in [-0.2, -0.15) is 0 Å². The highest BCUT2D eigenvalue weighted by Gasteiger charge is 1.70. The van der Waals surface area contributed by atoms with Gasteiger partial charge in [0.25, 0.3) is 0 Å². The lowest BCUT2D eigenvalue weighted by Crippen LogP contribution is -1.48. The highest BCUT2D eigenvalue weighted by molar-refractivity contribution is 8.01. The van der Waals surface area contributed by atoms with E-state index in [1.165, 1.54) is 0 Å². The Morgan fingerprint density at radius 1 is 1.83 bits per heavy atom.